The molecule has 0 fully saturated rings. The van der Waals surface area contributed by atoms with Crippen LogP contribution in [0.2, 0.25) is 0 Å². The van der Waals surface area contributed by atoms with Gasteiger partial charge in [-0.05, 0) is 18.2 Å². The normalized spacial score (nSPS) is 12.7. The molecule has 90 valence electrons. The van der Waals surface area contributed by atoms with Gasteiger partial charge in [-0.2, -0.15) is 26.3 Å². The Morgan fingerprint density at radius 1 is 0.875 bits per heavy atom. The third-order valence-electron chi connectivity index (χ3n) is 1.84. The second-order valence-electron chi connectivity index (χ2n) is 2.91. The van der Waals surface area contributed by atoms with Gasteiger partial charge in [0.2, 0.25) is 0 Å². The Morgan fingerprint density at radius 2 is 1.38 bits per heavy atom. The largest absolute Gasteiger partial charge is 0.497 e. The van der Waals surface area contributed by atoms with Crippen molar-refractivity contribution in [3.63, 3.8) is 0 Å². The molecule has 1 rings (SSSR count). The molecule has 0 spiro atoms. The van der Waals surface area contributed by atoms with E-state index < -0.39 is 23.5 Å². The van der Waals surface area contributed by atoms with E-state index in [-0.39, 0.29) is 5.75 Å². The molecule has 0 atom stereocenters. The number of alkyl halides is 6. The fourth-order valence-corrected chi connectivity index (χ4v) is 1.13. The first-order chi connectivity index (χ1) is 7.16. The van der Waals surface area contributed by atoms with E-state index in [1.165, 1.54) is 0 Å². The maximum absolute atomic E-state index is 12.3. The first-order valence-corrected chi connectivity index (χ1v) is 3.98. The lowest BCUT2D eigenvalue weighted by molar-refractivity contribution is -0.162. The molecule has 0 bridgehead atoms. The average molecular weight is 244 g/mol. The van der Waals surface area contributed by atoms with Crippen molar-refractivity contribution in [2.24, 2.45) is 0 Å². The highest BCUT2D eigenvalue weighted by Crippen LogP contribution is 2.41. The van der Waals surface area contributed by atoms with Crippen LogP contribution in [0.4, 0.5) is 26.3 Å². The highest BCUT2D eigenvalue weighted by Gasteiger charge is 2.43. The Balaban J connectivity index is 3.40. The van der Waals surface area contributed by atoms with Crippen molar-refractivity contribution >= 4 is 0 Å². The minimum atomic E-state index is -5.07. The molecule has 0 saturated heterocycles. The summed E-state index contributed by atoms with van der Waals surface area (Å²) in [7, 11) is 1.07. The van der Waals surface area contributed by atoms with Crippen molar-refractivity contribution in [3.8, 4) is 5.75 Å². The molecule has 16 heavy (non-hydrogen) atoms. The summed E-state index contributed by atoms with van der Waals surface area (Å²) >= 11 is 0. The van der Waals surface area contributed by atoms with Crippen LogP contribution in [0.1, 0.15) is 11.1 Å². The molecular weight excluding hydrogens is 238 g/mol. The van der Waals surface area contributed by atoms with E-state index in [2.05, 4.69) is 4.74 Å². The minimum absolute atomic E-state index is 0.277. The lowest BCUT2D eigenvalue weighted by Gasteiger charge is -2.16. The molecule has 0 aliphatic carbocycles. The monoisotopic (exact) mass is 244 g/mol. The average Bonchev–Trinajstić information content (AvgIpc) is 2.14. The van der Waals surface area contributed by atoms with Crippen LogP contribution >= 0.6 is 0 Å². The molecule has 0 aliphatic heterocycles. The summed E-state index contributed by atoms with van der Waals surface area (Å²) in [6.45, 7) is 0. The maximum atomic E-state index is 12.3. The van der Waals surface area contributed by atoms with E-state index in [1.54, 1.807) is 0 Å². The minimum Gasteiger partial charge on any atom is -0.497 e. The summed E-state index contributed by atoms with van der Waals surface area (Å²) in [5.41, 5.74) is -3.47. The molecule has 7 heteroatoms. The van der Waals surface area contributed by atoms with Crippen molar-refractivity contribution in [1.29, 1.82) is 0 Å². The standard InChI is InChI=1S/C9H6F6O/c1-16-5-2-3-6(8(10,11)12)7(4-5)9(13,14)15/h2-4H,1H3. The van der Waals surface area contributed by atoms with Gasteiger partial charge in [-0.15, -0.1) is 0 Å². The van der Waals surface area contributed by atoms with Gasteiger partial charge in [0.15, 0.2) is 0 Å². The summed E-state index contributed by atoms with van der Waals surface area (Å²) in [5, 5.41) is 0. The SMILES string of the molecule is COc1ccc(C(F)(F)F)c(C(F)(F)F)c1. The van der Waals surface area contributed by atoms with Crippen LogP contribution in [0, 0.1) is 0 Å². The molecule has 0 N–H and O–H groups in total. The van der Waals surface area contributed by atoms with Crippen molar-refractivity contribution in [1.82, 2.24) is 0 Å². The Morgan fingerprint density at radius 3 is 1.75 bits per heavy atom. The second kappa shape index (κ2) is 3.88. The molecular formula is C9H6F6O. The van der Waals surface area contributed by atoms with Crippen LogP contribution in [0.25, 0.3) is 0 Å². The molecule has 0 unspecified atom stereocenters. The highest BCUT2D eigenvalue weighted by atomic mass is 19.4. The van der Waals surface area contributed by atoms with Crippen molar-refractivity contribution in [2.45, 2.75) is 12.4 Å². The zero-order valence-corrected chi connectivity index (χ0v) is 7.91. The number of benzene rings is 1. The number of ether oxygens (including phenoxy) is 1. The summed E-state index contributed by atoms with van der Waals surface area (Å²) in [5.74, 6) is -0.277. The number of methoxy groups -OCH3 is 1. The van der Waals surface area contributed by atoms with Crippen LogP contribution in [-0.4, -0.2) is 7.11 Å². The zero-order chi connectivity index (χ0) is 12.6. The van der Waals surface area contributed by atoms with Gasteiger partial charge in [0.25, 0.3) is 0 Å². The third-order valence-corrected chi connectivity index (χ3v) is 1.84. The summed E-state index contributed by atoms with van der Waals surface area (Å²) in [6, 6.07) is 1.50. The molecule has 0 aromatic heterocycles. The van der Waals surface area contributed by atoms with Crippen molar-refractivity contribution in [3.05, 3.63) is 29.3 Å². The number of hydrogen-bond donors (Lipinski definition) is 0. The van der Waals surface area contributed by atoms with Crippen LogP contribution in [0.15, 0.2) is 18.2 Å². The van der Waals surface area contributed by atoms with Gasteiger partial charge in [-0.3, -0.25) is 0 Å². The first-order valence-electron chi connectivity index (χ1n) is 3.98. The summed E-state index contributed by atoms with van der Waals surface area (Å²) in [6.07, 6.45) is -10.1. The van der Waals surface area contributed by atoms with Crippen molar-refractivity contribution < 1.29 is 31.1 Å². The van der Waals surface area contributed by atoms with Crippen LogP contribution in [0.5, 0.6) is 5.75 Å². The smallest absolute Gasteiger partial charge is 0.417 e. The molecule has 1 aromatic carbocycles. The second-order valence-corrected chi connectivity index (χ2v) is 2.91. The topological polar surface area (TPSA) is 9.23 Å². The van der Waals surface area contributed by atoms with E-state index in [9.17, 15) is 26.3 Å². The summed E-state index contributed by atoms with van der Waals surface area (Å²) in [4.78, 5) is 0. The van der Waals surface area contributed by atoms with E-state index in [1.807, 2.05) is 0 Å². The van der Waals surface area contributed by atoms with E-state index in [4.69, 9.17) is 0 Å². The maximum Gasteiger partial charge on any atom is 0.417 e. The van der Waals surface area contributed by atoms with Gasteiger partial charge >= 0.3 is 12.4 Å². The zero-order valence-electron chi connectivity index (χ0n) is 7.91. The fraction of sp³-hybridized carbons (Fsp3) is 0.333. The molecule has 0 radical (unpaired) electrons. The molecule has 0 saturated carbocycles. The van der Waals surface area contributed by atoms with Gasteiger partial charge in [0.1, 0.15) is 5.75 Å². The summed E-state index contributed by atoms with van der Waals surface area (Å²) < 4.78 is 78.3. The van der Waals surface area contributed by atoms with Gasteiger partial charge in [0.05, 0.1) is 18.2 Å². The fourth-order valence-electron chi connectivity index (χ4n) is 1.13. The van der Waals surface area contributed by atoms with Gasteiger partial charge in [-0.1, -0.05) is 0 Å². The Bertz CT molecular complexity index is 379. The van der Waals surface area contributed by atoms with Gasteiger partial charge in [-0.25, -0.2) is 0 Å². The number of rotatable bonds is 1. The Hall–Kier alpha value is -1.40. The van der Waals surface area contributed by atoms with Gasteiger partial charge in [0, 0.05) is 0 Å². The highest BCUT2D eigenvalue weighted by molar-refractivity contribution is 5.39. The number of hydrogen-bond acceptors (Lipinski definition) is 1. The predicted octanol–water partition coefficient (Wildman–Crippen LogP) is 3.73. The molecule has 0 aliphatic rings. The van der Waals surface area contributed by atoms with E-state index >= 15 is 0 Å². The molecule has 0 heterocycles. The Kier molecular flexibility index (Phi) is 3.07. The lowest BCUT2D eigenvalue weighted by Crippen LogP contribution is -2.16. The van der Waals surface area contributed by atoms with Crippen LogP contribution in [0.3, 0.4) is 0 Å². The van der Waals surface area contributed by atoms with Crippen LogP contribution in [-0.2, 0) is 12.4 Å². The number of halogens is 6. The molecule has 0 amide bonds. The van der Waals surface area contributed by atoms with E-state index in [0.29, 0.717) is 12.1 Å². The molecule has 1 aromatic rings. The Labute approximate surface area is 86.6 Å². The first kappa shape index (κ1) is 12.7. The van der Waals surface area contributed by atoms with Crippen molar-refractivity contribution in [2.75, 3.05) is 7.11 Å². The molecule has 1 nitrogen and oxygen atoms in total. The third kappa shape index (κ3) is 2.59. The van der Waals surface area contributed by atoms with Gasteiger partial charge < -0.3 is 4.74 Å². The van der Waals surface area contributed by atoms with Crippen LogP contribution < -0.4 is 4.74 Å². The quantitative estimate of drug-likeness (QED) is 0.684. The van der Waals surface area contributed by atoms with E-state index in [0.717, 1.165) is 13.2 Å². The predicted molar refractivity (Wildman–Crippen MR) is 43.0 cm³/mol. The lowest BCUT2D eigenvalue weighted by atomic mass is 10.1.